The molecule has 1 amide bonds. The Balaban J connectivity index is 1.27. The molecule has 6 rings (SSSR count). The molecule has 0 spiro atoms. The number of rotatable bonds is 9. The van der Waals surface area contributed by atoms with Crippen molar-refractivity contribution < 1.29 is 19.0 Å². The number of aromatic nitrogens is 3. The minimum absolute atomic E-state index is 0.00697. The predicted octanol–water partition coefficient (Wildman–Crippen LogP) is 7.45. The smallest absolute Gasteiger partial charge is 0.410 e. The molecule has 5 aromatic rings. The van der Waals surface area contributed by atoms with Gasteiger partial charge in [-0.3, -0.25) is 0 Å². The van der Waals surface area contributed by atoms with Crippen LogP contribution in [0, 0.1) is 0 Å². The number of amides is 1. The second-order valence-electron chi connectivity index (χ2n) is 12.0. The maximum Gasteiger partial charge on any atom is 0.410 e. The van der Waals surface area contributed by atoms with Gasteiger partial charge >= 0.3 is 6.09 Å². The maximum atomic E-state index is 12.7. The average Bonchev–Trinajstić information content (AvgIpc) is 3.64. The van der Waals surface area contributed by atoms with Crippen LogP contribution in [-0.4, -0.2) is 57.6 Å². The van der Waals surface area contributed by atoms with Crippen LogP contribution in [0.5, 0.6) is 17.2 Å². The minimum atomic E-state index is -0.544. The van der Waals surface area contributed by atoms with E-state index in [1.165, 1.54) is 0 Å². The highest BCUT2D eigenvalue weighted by Crippen LogP contribution is 2.34. The highest BCUT2D eigenvalue weighted by Gasteiger charge is 2.31. The second kappa shape index (κ2) is 12.8. The molecule has 10 nitrogen and oxygen atoms in total. The number of pyridine rings is 1. The van der Waals surface area contributed by atoms with Crippen LogP contribution in [0.4, 0.5) is 22.0 Å². The third-order valence-corrected chi connectivity index (χ3v) is 7.42. The standard InChI is InChI=1S/C35H38N6O4/c1-35(2,3)45-34(42)40-21-19-26(23-40)38-32-31-30(37-25-12-16-29(17-13-25)44-28-8-6-5-7-9-28)18-20-36-33(31)41(39-32)22-24-10-14-27(43-4)15-11-24/h5-18,20,26H,19,21-23H2,1-4H3,(H,36,37)(H,38,39)/t26-/m1/s1. The van der Waals surface area contributed by atoms with E-state index in [0.29, 0.717) is 25.5 Å². The van der Waals surface area contributed by atoms with E-state index in [4.69, 9.17) is 24.3 Å². The zero-order valence-electron chi connectivity index (χ0n) is 26.0. The van der Waals surface area contributed by atoms with Crippen LogP contribution in [0.15, 0.2) is 91.1 Å². The average molecular weight is 607 g/mol. The van der Waals surface area contributed by atoms with Gasteiger partial charge in [0.05, 0.1) is 24.7 Å². The number of para-hydroxylation sites is 1. The third kappa shape index (κ3) is 7.29. The predicted molar refractivity (Wildman–Crippen MR) is 176 cm³/mol. The van der Waals surface area contributed by atoms with Gasteiger partial charge in [0.25, 0.3) is 0 Å². The molecule has 1 fully saturated rings. The summed E-state index contributed by atoms with van der Waals surface area (Å²) in [5.74, 6) is 3.03. The van der Waals surface area contributed by atoms with Crippen molar-refractivity contribution in [2.75, 3.05) is 30.8 Å². The molecule has 2 aromatic heterocycles. The number of nitrogens with zero attached hydrogens (tertiary/aromatic N) is 4. The van der Waals surface area contributed by atoms with Crippen LogP contribution in [0.1, 0.15) is 32.8 Å². The lowest BCUT2D eigenvalue weighted by molar-refractivity contribution is 0.0293. The number of anilines is 3. The number of ether oxygens (including phenoxy) is 3. The quantitative estimate of drug-likeness (QED) is 0.178. The van der Waals surface area contributed by atoms with Crippen LogP contribution in [0.3, 0.4) is 0 Å². The highest BCUT2D eigenvalue weighted by molar-refractivity contribution is 6.00. The summed E-state index contributed by atoms with van der Waals surface area (Å²) in [4.78, 5) is 19.2. The molecule has 1 aliphatic heterocycles. The number of hydrogen-bond acceptors (Lipinski definition) is 8. The van der Waals surface area contributed by atoms with Crippen LogP contribution in [0.2, 0.25) is 0 Å². The van der Waals surface area contributed by atoms with Gasteiger partial charge in [0, 0.05) is 31.0 Å². The molecule has 0 saturated carbocycles. The summed E-state index contributed by atoms with van der Waals surface area (Å²) in [6.07, 6.45) is 2.26. The highest BCUT2D eigenvalue weighted by atomic mass is 16.6. The van der Waals surface area contributed by atoms with E-state index in [2.05, 4.69) is 10.6 Å². The van der Waals surface area contributed by atoms with Crippen LogP contribution in [-0.2, 0) is 11.3 Å². The monoisotopic (exact) mass is 606 g/mol. The molecule has 0 aliphatic carbocycles. The van der Waals surface area contributed by atoms with Crippen molar-refractivity contribution in [2.24, 2.45) is 0 Å². The molecule has 0 unspecified atom stereocenters. The summed E-state index contributed by atoms with van der Waals surface area (Å²) in [6.45, 7) is 7.29. The number of likely N-dealkylation sites (tertiary alicyclic amines) is 1. The Hall–Kier alpha value is -5.25. The summed E-state index contributed by atoms with van der Waals surface area (Å²) < 4.78 is 18.8. The SMILES string of the molecule is COc1ccc(Cn2nc(N[C@@H]3CCN(C(=O)OC(C)(C)C)C3)c3c(Nc4ccc(Oc5ccccc5)cc4)ccnc32)cc1. The van der Waals surface area contributed by atoms with Gasteiger partial charge in [-0.2, -0.15) is 5.10 Å². The summed E-state index contributed by atoms with van der Waals surface area (Å²) in [5.41, 5.74) is 3.02. The molecule has 10 heteroatoms. The number of carbonyl (C=O) groups excluding carboxylic acids is 1. The number of fused-ring (bicyclic) bond motifs is 1. The first kappa shape index (κ1) is 29.8. The molecule has 2 N–H and O–H groups in total. The van der Waals surface area contributed by atoms with Gasteiger partial charge in [-0.1, -0.05) is 30.3 Å². The first-order valence-corrected chi connectivity index (χ1v) is 15.1. The van der Waals surface area contributed by atoms with E-state index in [0.717, 1.165) is 51.6 Å². The largest absolute Gasteiger partial charge is 0.497 e. The Morgan fingerprint density at radius 3 is 2.36 bits per heavy atom. The fraction of sp³-hybridized carbons (Fsp3) is 0.286. The first-order valence-electron chi connectivity index (χ1n) is 15.1. The number of carbonyl (C=O) groups is 1. The van der Waals surface area contributed by atoms with Crippen LogP contribution >= 0.6 is 0 Å². The van der Waals surface area contributed by atoms with E-state index >= 15 is 0 Å². The molecule has 1 saturated heterocycles. The van der Waals surface area contributed by atoms with Crippen molar-refractivity contribution in [1.82, 2.24) is 19.7 Å². The summed E-state index contributed by atoms with van der Waals surface area (Å²) in [5, 5.41) is 13.0. The molecule has 0 bridgehead atoms. The summed E-state index contributed by atoms with van der Waals surface area (Å²) >= 11 is 0. The van der Waals surface area contributed by atoms with Crippen molar-refractivity contribution >= 4 is 34.3 Å². The summed E-state index contributed by atoms with van der Waals surface area (Å²) in [6, 6.07) is 27.4. The molecule has 232 valence electrons. The van der Waals surface area contributed by atoms with Crippen molar-refractivity contribution in [2.45, 2.75) is 45.4 Å². The van der Waals surface area contributed by atoms with Crippen molar-refractivity contribution in [3.8, 4) is 17.2 Å². The first-order chi connectivity index (χ1) is 21.7. The van der Waals surface area contributed by atoms with Crippen molar-refractivity contribution in [3.63, 3.8) is 0 Å². The molecule has 3 aromatic carbocycles. The molecular formula is C35H38N6O4. The Morgan fingerprint density at radius 2 is 1.64 bits per heavy atom. The van der Waals surface area contributed by atoms with E-state index < -0.39 is 5.60 Å². The lowest BCUT2D eigenvalue weighted by atomic mass is 10.2. The number of hydrogen-bond donors (Lipinski definition) is 2. The molecular weight excluding hydrogens is 568 g/mol. The van der Waals surface area contributed by atoms with E-state index in [9.17, 15) is 4.79 Å². The minimum Gasteiger partial charge on any atom is -0.497 e. The van der Waals surface area contributed by atoms with E-state index in [-0.39, 0.29) is 12.1 Å². The molecule has 1 atom stereocenters. The van der Waals surface area contributed by atoms with Crippen molar-refractivity contribution in [1.29, 1.82) is 0 Å². The molecule has 1 aliphatic rings. The summed E-state index contributed by atoms with van der Waals surface area (Å²) in [7, 11) is 1.66. The Labute approximate surface area is 262 Å². The van der Waals surface area contributed by atoms with Gasteiger partial charge in [-0.25, -0.2) is 14.5 Å². The van der Waals surface area contributed by atoms with Gasteiger partial charge in [0.1, 0.15) is 22.8 Å². The topological polar surface area (TPSA) is 103 Å². The Morgan fingerprint density at radius 1 is 0.933 bits per heavy atom. The van der Waals surface area contributed by atoms with Gasteiger partial charge in [-0.15, -0.1) is 0 Å². The van der Waals surface area contributed by atoms with Gasteiger partial charge < -0.3 is 29.7 Å². The molecule has 45 heavy (non-hydrogen) atoms. The normalized spacial score (nSPS) is 14.8. The second-order valence-corrected chi connectivity index (χ2v) is 12.0. The number of nitrogens with one attached hydrogen (secondary N) is 2. The molecule has 0 radical (unpaired) electrons. The number of methoxy groups -OCH3 is 1. The van der Waals surface area contributed by atoms with Gasteiger partial charge in [-0.05, 0) is 87.4 Å². The third-order valence-electron chi connectivity index (χ3n) is 7.42. The number of benzene rings is 3. The lowest BCUT2D eigenvalue weighted by Crippen LogP contribution is -2.36. The maximum absolute atomic E-state index is 12.7. The zero-order valence-corrected chi connectivity index (χ0v) is 26.0. The fourth-order valence-corrected chi connectivity index (χ4v) is 5.27. The van der Waals surface area contributed by atoms with E-state index in [1.54, 1.807) is 18.2 Å². The molecule has 3 heterocycles. The van der Waals surface area contributed by atoms with E-state index in [1.807, 2.05) is 110 Å². The van der Waals surface area contributed by atoms with Gasteiger partial charge in [0.15, 0.2) is 11.5 Å². The zero-order chi connectivity index (χ0) is 31.4. The fourth-order valence-electron chi connectivity index (χ4n) is 5.27. The lowest BCUT2D eigenvalue weighted by Gasteiger charge is -2.24. The Kier molecular flexibility index (Phi) is 8.46. The van der Waals surface area contributed by atoms with Gasteiger partial charge in [0.2, 0.25) is 0 Å². The van der Waals surface area contributed by atoms with Crippen LogP contribution < -0.4 is 20.1 Å². The van der Waals surface area contributed by atoms with Crippen molar-refractivity contribution in [3.05, 3.63) is 96.7 Å². The Bertz CT molecular complexity index is 1750. The van der Waals surface area contributed by atoms with Crippen LogP contribution in [0.25, 0.3) is 11.0 Å².